The lowest BCUT2D eigenvalue weighted by molar-refractivity contribution is -0.138. The maximum atomic E-state index is 14.4. The molecular formula is C28H36N6O4. The van der Waals surface area contributed by atoms with E-state index in [9.17, 15) is 14.4 Å². The Bertz CT molecular complexity index is 1160. The van der Waals surface area contributed by atoms with Gasteiger partial charge in [-0.15, -0.1) is 0 Å². The van der Waals surface area contributed by atoms with Crippen LogP contribution in [-0.4, -0.2) is 77.9 Å². The van der Waals surface area contributed by atoms with Gasteiger partial charge in [0.2, 0.25) is 11.8 Å². The quantitative estimate of drug-likeness (QED) is 0.334. The molecule has 3 heterocycles. The second-order valence-electron chi connectivity index (χ2n) is 11.7. The number of carbonyl (C=O) groups excluding carboxylic acids is 3. The molecule has 6 rings (SSSR count). The average molecular weight is 521 g/mol. The summed E-state index contributed by atoms with van der Waals surface area (Å²) in [6, 6.07) is 5.26. The van der Waals surface area contributed by atoms with Gasteiger partial charge >= 0.3 is 0 Å². The lowest BCUT2D eigenvalue weighted by Crippen LogP contribution is -2.45. The molecule has 3 aliphatic heterocycles. The number of likely N-dealkylation sites (tertiary alicyclic amines) is 2. The Morgan fingerprint density at radius 3 is 2.50 bits per heavy atom. The van der Waals surface area contributed by atoms with Crippen molar-refractivity contribution < 1.29 is 19.1 Å². The van der Waals surface area contributed by atoms with E-state index in [4.69, 9.17) is 16.0 Å². The zero-order chi connectivity index (χ0) is 26.4. The predicted molar refractivity (Wildman–Crippen MR) is 139 cm³/mol. The zero-order valence-corrected chi connectivity index (χ0v) is 21.7. The number of hydrogen-bond donors (Lipinski definition) is 1. The van der Waals surface area contributed by atoms with Crippen LogP contribution in [0.2, 0.25) is 0 Å². The fourth-order valence-corrected chi connectivity index (χ4v) is 7.44. The second-order valence-corrected chi connectivity index (χ2v) is 11.7. The van der Waals surface area contributed by atoms with E-state index in [0.29, 0.717) is 17.0 Å². The number of primary amides is 1. The highest BCUT2D eigenvalue weighted by atomic mass is 16.5. The van der Waals surface area contributed by atoms with Gasteiger partial charge in [-0.25, -0.2) is 0 Å². The zero-order valence-electron chi connectivity index (χ0n) is 21.7. The summed E-state index contributed by atoms with van der Waals surface area (Å²) < 4.78 is 5.65. The van der Waals surface area contributed by atoms with E-state index in [2.05, 4.69) is 21.0 Å². The topological polar surface area (TPSA) is 142 Å². The molecule has 0 bridgehead atoms. The minimum atomic E-state index is -0.756. The molecule has 0 spiro atoms. The van der Waals surface area contributed by atoms with Crippen LogP contribution in [0.25, 0.3) is 10.4 Å². The van der Waals surface area contributed by atoms with Crippen molar-refractivity contribution >= 4 is 17.6 Å². The third-order valence-electron chi connectivity index (χ3n) is 9.52. The highest BCUT2D eigenvalue weighted by Crippen LogP contribution is 2.43. The number of nitrogens with two attached hydrogens (primary N) is 1. The minimum Gasteiger partial charge on any atom is -0.367 e. The van der Waals surface area contributed by atoms with Crippen molar-refractivity contribution in [1.29, 1.82) is 0 Å². The Hall–Kier alpha value is -2.94. The smallest absolute Gasteiger partial charge is 0.249 e. The maximum Gasteiger partial charge on any atom is 0.249 e. The van der Waals surface area contributed by atoms with Gasteiger partial charge in [-0.05, 0) is 86.2 Å². The highest BCUT2D eigenvalue weighted by molar-refractivity contribution is 5.99. The van der Waals surface area contributed by atoms with Crippen LogP contribution in [0, 0.1) is 5.92 Å². The minimum absolute atomic E-state index is 0.0574. The number of rotatable bonds is 7. The van der Waals surface area contributed by atoms with Gasteiger partial charge in [-0.1, -0.05) is 30.1 Å². The number of fused-ring (bicyclic) bond motifs is 1. The number of azide groups is 1. The predicted octanol–water partition coefficient (Wildman–Crippen LogP) is 3.26. The third-order valence-corrected chi connectivity index (χ3v) is 9.52. The molecule has 2 saturated carbocycles. The number of hydrogen-bond acceptors (Lipinski definition) is 6. The monoisotopic (exact) mass is 520 g/mol. The SMILES string of the molecule is [N-]=[N+]=N[C@@H]1CN(C(=O)[C@H](c2cc(C3CCN(C4CC4)CC3)ccc2C(N)=O)C2CCCC2)[C@@H]2C(=O)CO[C@@H]21. The number of amides is 2. The van der Waals surface area contributed by atoms with Crippen molar-refractivity contribution in [1.82, 2.24) is 9.80 Å². The van der Waals surface area contributed by atoms with Crippen LogP contribution in [0.5, 0.6) is 0 Å². The molecule has 10 heteroatoms. The van der Waals surface area contributed by atoms with Gasteiger partial charge in [0.15, 0.2) is 5.78 Å². The third kappa shape index (κ3) is 4.59. The molecule has 2 aliphatic carbocycles. The van der Waals surface area contributed by atoms with Crippen LogP contribution >= 0.6 is 0 Å². The van der Waals surface area contributed by atoms with Gasteiger partial charge in [0.1, 0.15) is 12.6 Å². The lowest BCUT2D eigenvalue weighted by Gasteiger charge is -2.34. The van der Waals surface area contributed by atoms with Crippen LogP contribution in [-0.2, 0) is 14.3 Å². The number of carbonyl (C=O) groups is 3. The Morgan fingerprint density at radius 2 is 1.84 bits per heavy atom. The van der Waals surface area contributed by atoms with E-state index >= 15 is 0 Å². The van der Waals surface area contributed by atoms with Crippen LogP contribution < -0.4 is 5.73 Å². The molecule has 0 unspecified atom stereocenters. The number of ether oxygens (including phenoxy) is 1. The Kier molecular flexibility index (Phi) is 6.88. The molecule has 38 heavy (non-hydrogen) atoms. The standard InChI is InChI=1S/C28H36N6O4/c29-27(36)20-8-5-18(16-9-11-33(12-10-16)19-6-7-19)13-21(20)24(17-3-1-2-4-17)28(37)34-14-22(31-32-30)26-25(34)23(35)15-38-26/h5,8,13,16-17,19,22,24-26H,1-4,6-7,9-12,14-15H2,(H2,29,36)/t22-,24+,25-,26-/m1/s1. The lowest BCUT2D eigenvalue weighted by atomic mass is 9.78. The Labute approximate surface area is 222 Å². The highest BCUT2D eigenvalue weighted by Gasteiger charge is 2.53. The van der Waals surface area contributed by atoms with Crippen molar-refractivity contribution in [2.24, 2.45) is 16.8 Å². The molecule has 1 aromatic carbocycles. The van der Waals surface area contributed by atoms with Gasteiger partial charge in [0.25, 0.3) is 0 Å². The molecule has 2 N–H and O–H groups in total. The summed E-state index contributed by atoms with van der Waals surface area (Å²) in [7, 11) is 0. The molecule has 3 saturated heterocycles. The summed E-state index contributed by atoms with van der Waals surface area (Å²) in [5.41, 5.74) is 17.1. The van der Waals surface area contributed by atoms with Gasteiger partial charge in [-0.3, -0.25) is 14.4 Å². The molecule has 202 valence electrons. The summed E-state index contributed by atoms with van der Waals surface area (Å²) in [6.45, 7) is 2.20. The van der Waals surface area contributed by atoms with Gasteiger partial charge in [0.05, 0.1) is 18.1 Å². The van der Waals surface area contributed by atoms with Crippen LogP contribution in [0.4, 0.5) is 0 Å². The molecule has 10 nitrogen and oxygen atoms in total. The van der Waals surface area contributed by atoms with Crippen LogP contribution in [0.15, 0.2) is 23.3 Å². The molecule has 0 radical (unpaired) electrons. The Balaban J connectivity index is 1.35. The van der Waals surface area contributed by atoms with Gasteiger partial charge in [0, 0.05) is 23.1 Å². The van der Waals surface area contributed by atoms with Gasteiger partial charge < -0.3 is 20.3 Å². The fourth-order valence-electron chi connectivity index (χ4n) is 7.44. The number of ketones is 1. The van der Waals surface area contributed by atoms with Crippen molar-refractivity contribution in [3.8, 4) is 0 Å². The first-order valence-corrected chi connectivity index (χ1v) is 14.1. The summed E-state index contributed by atoms with van der Waals surface area (Å²) in [6.07, 6.45) is 7.91. The molecule has 5 fully saturated rings. The van der Waals surface area contributed by atoms with Gasteiger partial charge in [-0.2, -0.15) is 0 Å². The number of benzene rings is 1. The molecule has 4 atom stereocenters. The van der Waals surface area contributed by atoms with Crippen LogP contribution in [0.1, 0.15) is 84.7 Å². The first-order chi connectivity index (χ1) is 18.5. The molecule has 1 aromatic rings. The summed E-state index contributed by atoms with van der Waals surface area (Å²) in [5.74, 6) is -1.05. The summed E-state index contributed by atoms with van der Waals surface area (Å²) >= 11 is 0. The number of Topliss-reactive ketones (excluding diaryl/α,β-unsaturated/α-hetero) is 1. The van der Waals surface area contributed by atoms with E-state index in [1.807, 2.05) is 6.07 Å². The first-order valence-electron chi connectivity index (χ1n) is 14.1. The Morgan fingerprint density at radius 1 is 1.11 bits per heavy atom. The average Bonchev–Trinajstić information content (AvgIpc) is 3.31. The fraction of sp³-hybridized carbons (Fsp3) is 0.679. The van der Waals surface area contributed by atoms with Crippen molar-refractivity contribution in [2.75, 3.05) is 26.2 Å². The van der Waals surface area contributed by atoms with E-state index in [1.165, 1.54) is 12.8 Å². The number of piperidine rings is 1. The second kappa shape index (κ2) is 10.3. The van der Waals surface area contributed by atoms with Crippen molar-refractivity contribution in [3.05, 3.63) is 45.3 Å². The van der Waals surface area contributed by atoms with E-state index in [-0.39, 0.29) is 30.8 Å². The summed E-state index contributed by atoms with van der Waals surface area (Å²) in [5, 5.41) is 3.84. The van der Waals surface area contributed by atoms with E-state index in [0.717, 1.165) is 63.2 Å². The maximum absolute atomic E-state index is 14.4. The summed E-state index contributed by atoms with van der Waals surface area (Å²) in [4.78, 5) is 46.9. The molecule has 2 amide bonds. The number of nitrogens with zero attached hydrogens (tertiary/aromatic N) is 5. The van der Waals surface area contributed by atoms with Crippen molar-refractivity contribution in [3.63, 3.8) is 0 Å². The van der Waals surface area contributed by atoms with Crippen molar-refractivity contribution in [2.45, 2.75) is 87.4 Å². The molecule has 0 aromatic heterocycles. The van der Waals surface area contributed by atoms with E-state index in [1.54, 1.807) is 11.0 Å². The molecule has 5 aliphatic rings. The first kappa shape index (κ1) is 25.3. The largest absolute Gasteiger partial charge is 0.367 e. The van der Waals surface area contributed by atoms with Crippen LogP contribution in [0.3, 0.4) is 0 Å². The molecular weight excluding hydrogens is 484 g/mol. The normalized spacial score (nSPS) is 29.3. The van der Waals surface area contributed by atoms with E-state index < -0.39 is 30.0 Å².